The average Bonchev–Trinajstić information content (AvgIpc) is 3.01. The van der Waals surface area contributed by atoms with E-state index in [1.165, 1.54) is 6.92 Å². The van der Waals surface area contributed by atoms with E-state index in [1.807, 2.05) is 20.8 Å². The van der Waals surface area contributed by atoms with Crippen molar-refractivity contribution < 1.29 is 29.0 Å². The van der Waals surface area contributed by atoms with Crippen LogP contribution in [-0.2, 0) is 23.9 Å². The van der Waals surface area contributed by atoms with E-state index in [0.717, 1.165) is 12.0 Å². The molecule has 5 atom stereocenters. The molecule has 0 unspecified atom stereocenters. The minimum absolute atomic E-state index is 0.0306. The number of rotatable bonds is 4. The average molecular weight is 408 g/mol. The fourth-order valence-corrected chi connectivity index (χ4v) is 5.56. The Morgan fingerprint density at radius 2 is 1.93 bits per heavy atom. The number of hydrogen-bond acceptors (Lipinski definition) is 6. The van der Waals surface area contributed by atoms with Crippen LogP contribution in [0.1, 0.15) is 60.8 Å². The lowest BCUT2D eigenvalue weighted by atomic mass is 9.49. The normalized spacial score (nSPS) is 34.2. The molecule has 2 N–H and O–H groups in total. The molecule has 2 aliphatic carbocycles. The van der Waals surface area contributed by atoms with Crippen molar-refractivity contribution in [3.05, 3.63) is 11.1 Å². The first-order valence-corrected chi connectivity index (χ1v) is 10.5. The number of amides is 1. The van der Waals surface area contributed by atoms with Crippen LogP contribution in [0, 0.1) is 22.7 Å². The van der Waals surface area contributed by atoms with Crippen LogP contribution in [0.4, 0.5) is 0 Å². The van der Waals surface area contributed by atoms with Crippen molar-refractivity contribution in [2.24, 2.45) is 22.7 Å². The first kappa shape index (κ1) is 21.8. The van der Waals surface area contributed by atoms with Gasteiger partial charge in [0.05, 0.1) is 11.7 Å². The molecule has 162 valence electrons. The molecule has 1 saturated carbocycles. The van der Waals surface area contributed by atoms with Gasteiger partial charge in [-0.3, -0.25) is 4.79 Å². The van der Waals surface area contributed by atoms with Crippen molar-refractivity contribution in [1.29, 1.82) is 0 Å². The summed E-state index contributed by atoms with van der Waals surface area (Å²) in [6.45, 7) is 11.5. The van der Waals surface area contributed by atoms with Crippen LogP contribution in [0.25, 0.3) is 0 Å². The summed E-state index contributed by atoms with van der Waals surface area (Å²) in [5, 5.41) is 13.5. The lowest BCUT2D eigenvalue weighted by Crippen LogP contribution is -2.56. The maximum Gasteiger partial charge on any atom is 0.338 e. The second kappa shape index (κ2) is 7.42. The molecule has 29 heavy (non-hydrogen) atoms. The van der Waals surface area contributed by atoms with Crippen LogP contribution < -0.4 is 5.32 Å². The number of carbonyl (C=O) groups excluding carboxylic acids is 3. The highest BCUT2D eigenvalue weighted by atomic mass is 16.6. The molecular formula is C22H33NO6. The van der Waals surface area contributed by atoms with Crippen LogP contribution >= 0.6 is 0 Å². The highest BCUT2D eigenvalue weighted by molar-refractivity contribution is 5.94. The van der Waals surface area contributed by atoms with Gasteiger partial charge in [-0.05, 0) is 42.1 Å². The molecule has 3 rings (SSSR count). The van der Waals surface area contributed by atoms with Gasteiger partial charge in [0.25, 0.3) is 0 Å². The summed E-state index contributed by atoms with van der Waals surface area (Å²) in [4.78, 5) is 36.9. The Hall–Kier alpha value is -1.89. The van der Waals surface area contributed by atoms with Crippen LogP contribution in [0.15, 0.2) is 11.1 Å². The molecule has 7 nitrogen and oxygen atoms in total. The number of aliphatic hydroxyl groups excluding tert-OH is 1. The summed E-state index contributed by atoms with van der Waals surface area (Å²) in [6.07, 6.45) is 0.663. The number of fused-ring (bicyclic) bond motifs is 2. The van der Waals surface area contributed by atoms with Gasteiger partial charge in [-0.1, -0.05) is 34.6 Å². The Bertz CT molecular complexity index is 754. The van der Waals surface area contributed by atoms with Crippen molar-refractivity contribution in [3.8, 4) is 0 Å². The minimum Gasteiger partial charge on any atom is -0.458 e. The number of ether oxygens (including phenoxy) is 2. The lowest BCUT2D eigenvalue weighted by molar-refractivity contribution is -0.159. The van der Waals surface area contributed by atoms with E-state index in [1.54, 1.807) is 0 Å². The standard InChI is InChI=1S/C22H33NO6/c1-11(2)18(23-12(3)24)20(27)29-14-9-15-21(4,5)8-7-16(25)22(15,6)13-10-28-19(26)17(13)14/h11,14-16,18,25H,7-10H2,1-6H3,(H,23,24)/t14-,15+,16+,18+,22-/m1/s1. The molecule has 1 aliphatic heterocycles. The van der Waals surface area contributed by atoms with Gasteiger partial charge in [0, 0.05) is 12.3 Å². The summed E-state index contributed by atoms with van der Waals surface area (Å²) in [5.41, 5.74) is 0.468. The number of nitrogens with one attached hydrogen (secondary N) is 1. The second-order valence-corrected chi connectivity index (χ2v) is 9.93. The molecule has 0 radical (unpaired) electrons. The van der Waals surface area contributed by atoms with E-state index in [0.29, 0.717) is 18.4 Å². The fraction of sp³-hybridized carbons (Fsp3) is 0.773. The van der Waals surface area contributed by atoms with Crippen molar-refractivity contribution in [1.82, 2.24) is 5.32 Å². The summed E-state index contributed by atoms with van der Waals surface area (Å²) in [7, 11) is 0. The van der Waals surface area contributed by atoms with Crippen LogP contribution in [0.3, 0.4) is 0 Å². The first-order valence-electron chi connectivity index (χ1n) is 10.5. The van der Waals surface area contributed by atoms with E-state index in [-0.39, 0.29) is 29.8 Å². The minimum atomic E-state index is -0.785. The highest BCUT2D eigenvalue weighted by Crippen LogP contribution is 2.60. The van der Waals surface area contributed by atoms with Crippen LogP contribution in [0.2, 0.25) is 0 Å². The molecule has 0 aromatic rings. The Balaban J connectivity index is 1.97. The molecule has 0 spiro atoms. The molecule has 3 aliphatic rings. The largest absolute Gasteiger partial charge is 0.458 e. The molecule has 0 aromatic carbocycles. The topological polar surface area (TPSA) is 102 Å². The molecule has 0 bridgehead atoms. The maximum absolute atomic E-state index is 12.9. The van der Waals surface area contributed by atoms with E-state index >= 15 is 0 Å². The van der Waals surface area contributed by atoms with Crippen LogP contribution in [-0.4, -0.2) is 47.8 Å². The third kappa shape index (κ3) is 3.58. The Kier molecular flexibility index (Phi) is 5.58. The van der Waals surface area contributed by atoms with E-state index < -0.39 is 35.6 Å². The zero-order chi connectivity index (χ0) is 21.7. The Labute approximate surface area is 172 Å². The van der Waals surface area contributed by atoms with E-state index in [2.05, 4.69) is 19.2 Å². The summed E-state index contributed by atoms with van der Waals surface area (Å²) >= 11 is 0. The highest BCUT2D eigenvalue weighted by Gasteiger charge is 2.60. The number of cyclic esters (lactones) is 1. The zero-order valence-electron chi connectivity index (χ0n) is 18.2. The van der Waals surface area contributed by atoms with Gasteiger partial charge in [-0.25, -0.2) is 9.59 Å². The van der Waals surface area contributed by atoms with Crippen molar-refractivity contribution in [2.45, 2.75) is 79.1 Å². The van der Waals surface area contributed by atoms with Crippen LogP contribution in [0.5, 0.6) is 0 Å². The van der Waals surface area contributed by atoms with Crippen molar-refractivity contribution in [3.63, 3.8) is 0 Å². The molecule has 7 heteroatoms. The number of esters is 2. The summed E-state index contributed by atoms with van der Waals surface area (Å²) in [6, 6.07) is -0.785. The van der Waals surface area contributed by atoms with Gasteiger partial charge < -0.3 is 19.9 Å². The molecule has 0 saturated heterocycles. The molecule has 1 fully saturated rings. The van der Waals surface area contributed by atoms with Crippen molar-refractivity contribution in [2.75, 3.05) is 6.61 Å². The predicted molar refractivity (Wildman–Crippen MR) is 106 cm³/mol. The SMILES string of the molecule is CC(=O)N[C@H](C(=O)O[C@@H]1C[C@H]2C(C)(C)CC[C@H](O)[C@]2(C)C2=C1C(=O)OC2)C(C)C. The predicted octanol–water partition coefficient (Wildman–Crippen LogP) is 2.12. The van der Waals surface area contributed by atoms with E-state index in [9.17, 15) is 19.5 Å². The van der Waals surface area contributed by atoms with Gasteiger partial charge >= 0.3 is 11.9 Å². The number of hydrogen-bond donors (Lipinski definition) is 2. The molecule has 1 amide bonds. The Morgan fingerprint density at radius 1 is 1.28 bits per heavy atom. The quantitative estimate of drug-likeness (QED) is 0.692. The summed E-state index contributed by atoms with van der Waals surface area (Å²) in [5.74, 6) is -1.47. The molecule has 1 heterocycles. The number of aliphatic hydroxyl groups is 1. The van der Waals surface area contributed by atoms with Gasteiger partial charge in [0.15, 0.2) is 0 Å². The summed E-state index contributed by atoms with van der Waals surface area (Å²) < 4.78 is 11.2. The zero-order valence-corrected chi connectivity index (χ0v) is 18.2. The van der Waals surface area contributed by atoms with Crippen molar-refractivity contribution >= 4 is 17.8 Å². The third-order valence-corrected chi connectivity index (χ3v) is 7.27. The first-order chi connectivity index (χ1) is 13.4. The lowest BCUT2D eigenvalue weighted by Gasteiger charge is -2.56. The molecule has 0 aromatic heterocycles. The second-order valence-electron chi connectivity index (χ2n) is 9.93. The monoisotopic (exact) mass is 407 g/mol. The van der Waals surface area contributed by atoms with Gasteiger partial charge in [-0.15, -0.1) is 0 Å². The van der Waals surface area contributed by atoms with Gasteiger partial charge in [0.1, 0.15) is 18.8 Å². The third-order valence-electron chi connectivity index (χ3n) is 7.27. The van der Waals surface area contributed by atoms with Gasteiger partial charge in [0.2, 0.25) is 5.91 Å². The molecular weight excluding hydrogens is 374 g/mol. The smallest absolute Gasteiger partial charge is 0.338 e. The number of carbonyl (C=O) groups is 3. The Morgan fingerprint density at radius 3 is 2.52 bits per heavy atom. The van der Waals surface area contributed by atoms with E-state index in [4.69, 9.17) is 9.47 Å². The van der Waals surface area contributed by atoms with Gasteiger partial charge in [-0.2, -0.15) is 0 Å². The fourth-order valence-electron chi connectivity index (χ4n) is 5.56. The maximum atomic E-state index is 12.9.